The lowest BCUT2D eigenvalue weighted by Gasteiger charge is -2.59. The fraction of sp³-hybridized carbons (Fsp3) is 0.538. The summed E-state index contributed by atoms with van der Waals surface area (Å²) in [6.45, 7) is 3.68. The van der Waals surface area contributed by atoms with Crippen molar-refractivity contribution in [3.05, 3.63) is 63.6 Å². The van der Waals surface area contributed by atoms with Crippen molar-refractivity contribution >= 4 is 23.2 Å². The number of hydrogen-bond acceptors (Lipinski definition) is 2. The summed E-state index contributed by atoms with van der Waals surface area (Å²) in [7, 11) is 0. The van der Waals surface area contributed by atoms with Gasteiger partial charge in [0, 0.05) is 28.2 Å². The second-order valence-electron chi connectivity index (χ2n) is 10.0. The summed E-state index contributed by atoms with van der Waals surface area (Å²) in [5.41, 5.74) is 2.62. The summed E-state index contributed by atoms with van der Waals surface area (Å²) in [5.74, 6) is 3.84. The molecule has 0 unspecified atom stereocenters. The maximum atomic E-state index is 6.27. The Balaban J connectivity index is 1.20. The van der Waals surface area contributed by atoms with Crippen molar-refractivity contribution in [1.82, 2.24) is 5.32 Å². The fourth-order valence-electron chi connectivity index (χ4n) is 6.77. The van der Waals surface area contributed by atoms with E-state index in [2.05, 4.69) is 30.4 Å². The first-order valence-electron chi connectivity index (χ1n) is 11.4. The molecule has 160 valence electrons. The molecule has 2 aromatic carbocycles. The highest BCUT2D eigenvalue weighted by Crippen LogP contribution is 2.61. The Morgan fingerprint density at radius 1 is 0.967 bits per heavy atom. The van der Waals surface area contributed by atoms with Crippen molar-refractivity contribution in [2.45, 2.75) is 64.6 Å². The molecule has 4 bridgehead atoms. The number of ether oxygens (including phenoxy) is 1. The minimum atomic E-state index is 0.374. The van der Waals surface area contributed by atoms with Gasteiger partial charge in [-0.3, -0.25) is 0 Å². The number of rotatable bonds is 7. The molecule has 0 saturated heterocycles. The van der Waals surface area contributed by atoms with E-state index in [0.717, 1.165) is 35.6 Å². The van der Waals surface area contributed by atoms with Gasteiger partial charge in [-0.2, -0.15) is 0 Å². The lowest BCUT2D eigenvalue weighted by atomic mass is 9.48. The molecule has 30 heavy (non-hydrogen) atoms. The van der Waals surface area contributed by atoms with Crippen LogP contribution in [-0.2, 0) is 13.2 Å². The maximum Gasteiger partial charge on any atom is 0.120 e. The Morgan fingerprint density at radius 2 is 1.57 bits per heavy atom. The third-order valence-electron chi connectivity index (χ3n) is 7.96. The second kappa shape index (κ2) is 8.37. The van der Waals surface area contributed by atoms with Gasteiger partial charge in [0.05, 0.1) is 0 Å². The van der Waals surface area contributed by atoms with Crippen LogP contribution in [0.5, 0.6) is 5.75 Å². The van der Waals surface area contributed by atoms with Gasteiger partial charge in [0.25, 0.3) is 0 Å². The Labute approximate surface area is 190 Å². The first-order valence-corrected chi connectivity index (χ1v) is 12.1. The van der Waals surface area contributed by atoms with Crippen LogP contribution in [0.2, 0.25) is 10.0 Å². The van der Waals surface area contributed by atoms with Crippen LogP contribution in [0.1, 0.15) is 56.6 Å². The smallest absolute Gasteiger partial charge is 0.120 e. The van der Waals surface area contributed by atoms with Gasteiger partial charge in [-0.1, -0.05) is 41.4 Å². The van der Waals surface area contributed by atoms with Crippen molar-refractivity contribution in [2.24, 2.45) is 23.2 Å². The molecule has 0 aliphatic heterocycles. The molecule has 4 aliphatic rings. The molecule has 0 spiro atoms. The van der Waals surface area contributed by atoms with E-state index in [1.54, 1.807) is 0 Å². The molecule has 2 aromatic rings. The molecule has 0 aromatic heterocycles. The molecule has 4 heteroatoms. The lowest BCUT2D eigenvalue weighted by Crippen LogP contribution is -2.54. The van der Waals surface area contributed by atoms with Crippen molar-refractivity contribution in [3.8, 4) is 5.75 Å². The largest absolute Gasteiger partial charge is 0.489 e. The van der Waals surface area contributed by atoms with Gasteiger partial charge in [0.2, 0.25) is 0 Å². The lowest BCUT2D eigenvalue weighted by molar-refractivity contribution is -0.0706. The molecule has 0 radical (unpaired) electrons. The van der Waals surface area contributed by atoms with Gasteiger partial charge in [-0.25, -0.2) is 0 Å². The van der Waals surface area contributed by atoms with Gasteiger partial charge in [-0.05, 0) is 98.4 Å². The first-order chi connectivity index (χ1) is 14.5. The van der Waals surface area contributed by atoms with Crippen LogP contribution in [0.3, 0.4) is 0 Å². The van der Waals surface area contributed by atoms with Gasteiger partial charge >= 0.3 is 0 Å². The highest BCUT2D eigenvalue weighted by atomic mass is 35.5. The van der Waals surface area contributed by atoms with Crippen LogP contribution in [0.25, 0.3) is 0 Å². The molecule has 6 rings (SSSR count). The average Bonchev–Trinajstić information content (AvgIpc) is 2.71. The SMILES string of the molecule is C[C@H](NCc1cccc(OCc2c(Cl)cccc2Cl)c1)C12CC3CC(CC(C3)C1)C2. The minimum absolute atomic E-state index is 0.374. The zero-order valence-corrected chi connectivity index (χ0v) is 19.2. The minimum Gasteiger partial charge on any atom is -0.489 e. The van der Waals surface area contributed by atoms with Gasteiger partial charge in [0.1, 0.15) is 12.4 Å². The van der Waals surface area contributed by atoms with Gasteiger partial charge < -0.3 is 10.1 Å². The summed E-state index contributed by atoms with van der Waals surface area (Å²) in [4.78, 5) is 0. The standard InChI is InChI=1S/C26H31Cl2NO/c1-17(26-12-19-8-20(13-26)10-21(9-19)14-26)29-15-18-4-2-5-22(11-18)30-16-23-24(27)6-3-7-25(23)28/h2-7,11,17,19-21,29H,8-10,12-16H2,1H3/t17-,19?,20?,21?,26?/m0/s1. The fourth-order valence-corrected chi connectivity index (χ4v) is 7.27. The van der Waals surface area contributed by atoms with E-state index in [4.69, 9.17) is 27.9 Å². The van der Waals surface area contributed by atoms with Crippen LogP contribution >= 0.6 is 23.2 Å². The zero-order chi connectivity index (χ0) is 20.7. The van der Waals surface area contributed by atoms with Crippen LogP contribution < -0.4 is 10.1 Å². The third kappa shape index (κ3) is 4.11. The summed E-state index contributed by atoms with van der Waals surface area (Å²) >= 11 is 12.5. The normalized spacial score (nSPS) is 30.4. The molecular weight excluding hydrogens is 413 g/mol. The van der Waals surface area contributed by atoms with E-state index in [1.807, 2.05) is 24.3 Å². The van der Waals surface area contributed by atoms with E-state index in [0.29, 0.717) is 28.1 Å². The molecule has 0 amide bonds. The monoisotopic (exact) mass is 443 g/mol. The summed E-state index contributed by atoms with van der Waals surface area (Å²) < 4.78 is 6.00. The van der Waals surface area contributed by atoms with Crippen LogP contribution in [-0.4, -0.2) is 6.04 Å². The molecule has 0 heterocycles. The first kappa shape index (κ1) is 20.7. The molecule has 2 nitrogen and oxygen atoms in total. The molecule has 4 aliphatic carbocycles. The number of nitrogens with one attached hydrogen (secondary N) is 1. The molecule has 1 atom stereocenters. The van der Waals surface area contributed by atoms with E-state index >= 15 is 0 Å². The molecule has 4 saturated carbocycles. The highest BCUT2D eigenvalue weighted by Gasteiger charge is 2.52. The quantitative estimate of drug-likeness (QED) is 0.485. The topological polar surface area (TPSA) is 21.3 Å². The zero-order valence-electron chi connectivity index (χ0n) is 17.7. The Hall–Kier alpha value is -1.22. The van der Waals surface area contributed by atoms with Crippen molar-refractivity contribution in [3.63, 3.8) is 0 Å². The molecule has 1 N–H and O–H groups in total. The van der Waals surface area contributed by atoms with E-state index in [-0.39, 0.29) is 0 Å². The Bertz CT molecular complexity index is 856. The second-order valence-corrected chi connectivity index (χ2v) is 10.8. The maximum absolute atomic E-state index is 6.27. The van der Waals surface area contributed by atoms with Crippen LogP contribution in [0.4, 0.5) is 0 Å². The average molecular weight is 444 g/mol. The van der Waals surface area contributed by atoms with E-state index in [9.17, 15) is 0 Å². The third-order valence-corrected chi connectivity index (χ3v) is 8.67. The Kier molecular flexibility index (Phi) is 5.77. The number of benzene rings is 2. The predicted octanol–water partition coefficient (Wildman–Crippen LogP) is 7.27. The van der Waals surface area contributed by atoms with E-state index < -0.39 is 0 Å². The van der Waals surface area contributed by atoms with Crippen LogP contribution in [0, 0.1) is 23.2 Å². The number of hydrogen-bond donors (Lipinski definition) is 1. The highest BCUT2D eigenvalue weighted by molar-refractivity contribution is 6.35. The summed E-state index contributed by atoms with van der Waals surface area (Å²) in [6, 6.07) is 14.5. The predicted molar refractivity (Wildman–Crippen MR) is 124 cm³/mol. The summed E-state index contributed by atoms with van der Waals surface area (Å²) in [5, 5.41) is 5.16. The molecule has 4 fully saturated rings. The van der Waals surface area contributed by atoms with Crippen molar-refractivity contribution in [1.29, 1.82) is 0 Å². The number of halogens is 2. The van der Waals surface area contributed by atoms with Gasteiger partial charge in [-0.15, -0.1) is 0 Å². The van der Waals surface area contributed by atoms with Crippen LogP contribution in [0.15, 0.2) is 42.5 Å². The van der Waals surface area contributed by atoms with Crippen molar-refractivity contribution < 1.29 is 4.74 Å². The van der Waals surface area contributed by atoms with E-state index in [1.165, 1.54) is 44.1 Å². The summed E-state index contributed by atoms with van der Waals surface area (Å²) in [6.07, 6.45) is 8.82. The van der Waals surface area contributed by atoms with Crippen molar-refractivity contribution in [2.75, 3.05) is 0 Å². The molecular formula is C26H31Cl2NO. The Morgan fingerprint density at radius 3 is 2.20 bits per heavy atom. The van der Waals surface area contributed by atoms with Gasteiger partial charge in [0.15, 0.2) is 0 Å².